The van der Waals surface area contributed by atoms with Crippen LogP contribution in [0.2, 0.25) is 10.0 Å². The summed E-state index contributed by atoms with van der Waals surface area (Å²) in [4.78, 5) is 37.2. The average Bonchev–Trinajstić information content (AvgIpc) is 2.65. The summed E-state index contributed by atoms with van der Waals surface area (Å²) in [6.07, 6.45) is 2.82. The van der Waals surface area contributed by atoms with E-state index in [9.17, 15) is 19.7 Å². The Morgan fingerprint density at radius 1 is 1.03 bits per heavy atom. The monoisotopic (exact) mass is 433 g/mol. The van der Waals surface area contributed by atoms with Crippen molar-refractivity contribution in [3.05, 3.63) is 100 Å². The van der Waals surface area contributed by atoms with E-state index in [1.54, 1.807) is 42.5 Å². The summed E-state index contributed by atoms with van der Waals surface area (Å²) in [7, 11) is 0. The van der Waals surface area contributed by atoms with Gasteiger partial charge in [-0.25, -0.2) is 4.79 Å². The van der Waals surface area contributed by atoms with Crippen molar-refractivity contribution in [2.75, 3.05) is 0 Å². The molecule has 148 valence electrons. The molecule has 0 radical (unpaired) electrons. The number of nitrogens with zero attached hydrogens (tertiary/aromatic N) is 1. The maximum atomic E-state index is 11.6. The first kappa shape index (κ1) is 20.4. The van der Waals surface area contributed by atoms with Gasteiger partial charge in [-0.2, -0.15) is 0 Å². The fourth-order valence-electron chi connectivity index (χ4n) is 2.45. The number of ether oxygens (including phenoxy) is 1. The molecule has 0 unspecified atom stereocenters. The van der Waals surface area contributed by atoms with Crippen LogP contribution in [0.1, 0.15) is 16.8 Å². The molecule has 0 fully saturated rings. The molecule has 2 N–H and O–H groups in total. The molecular weight excluding hydrogens is 421 g/mol. The molecule has 29 heavy (non-hydrogen) atoms. The molecule has 0 spiro atoms. The summed E-state index contributed by atoms with van der Waals surface area (Å²) >= 11 is 12.0. The van der Waals surface area contributed by atoms with Gasteiger partial charge in [0.1, 0.15) is 18.1 Å². The third kappa shape index (κ3) is 5.13. The van der Waals surface area contributed by atoms with E-state index in [2.05, 4.69) is 4.98 Å². The van der Waals surface area contributed by atoms with E-state index in [-0.39, 0.29) is 12.3 Å². The summed E-state index contributed by atoms with van der Waals surface area (Å²) in [5.41, 5.74) is -1.36. The average molecular weight is 434 g/mol. The molecular formula is C19H13Cl2N3O5. The highest BCUT2D eigenvalue weighted by molar-refractivity contribution is 6.35. The third-order valence-electron chi connectivity index (χ3n) is 3.86. The van der Waals surface area contributed by atoms with E-state index in [4.69, 9.17) is 27.9 Å². The quantitative estimate of drug-likeness (QED) is 0.449. The standard InChI is InChI=1S/C19H13Cl2N3O5/c20-13-5-4-12(15(21)9-13)10-29-14-6-1-11(2-7-14)3-8-16-17(24(27)28)18(25)23-19(26)22-16/h1-9H,10H2,(H2,22,23,25,26)/b8-3-. The number of H-pyrrole nitrogens is 2. The van der Waals surface area contributed by atoms with Gasteiger partial charge in [0.25, 0.3) is 0 Å². The zero-order valence-electron chi connectivity index (χ0n) is 14.6. The lowest BCUT2D eigenvalue weighted by Crippen LogP contribution is -2.25. The normalized spacial score (nSPS) is 11.0. The molecule has 0 amide bonds. The number of hydrogen-bond donors (Lipinski definition) is 2. The number of rotatable bonds is 6. The predicted molar refractivity (Wildman–Crippen MR) is 111 cm³/mol. The number of halogens is 2. The minimum atomic E-state index is -1.07. The van der Waals surface area contributed by atoms with E-state index in [0.717, 1.165) is 5.56 Å². The third-order valence-corrected chi connectivity index (χ3v) is 4.45. The zero-order valence-corrected chi connectivity index (χ0v) is 16.2. The SMILES string of the molecule is O=c1[nH]c(/C=C\c2ccc(OCc3ccc(Cl)cc3Cl)cc2)c([N+](=O)[O-])c(=O)[nH]1. The van der Waals surface area contributed by atoms with Gasteiger partial charge in [0.2, 0.25) is 0 Å². The zero-order chi connectivity index (χ0) is 21.0. The van der Waals surface area contributed by atoms with E-state index in [1.807, 2.05) is 4.98 Å². The summed E-state index contributed by atoms with van der Waals surface area (Å²) in [6, 6.07) is 12.0. The second-order valence-electron chi connectivity index (χ2n) is 5.85. The van der Waals surface area contributed by atoms with Gasteiger partial charge >= 0.3 is 16.9 Å². The van der Waals surface area contributed by atoms with Crippen LogP contribution in [0.25, 0.3) is 12.2 Å². The maximum Gasteiger partial charge on any atom is 0.357 e. The molecule has 0 saturated carbocycles. The molecule has 2 aromatic carbocycles. The smallest absolute Gasteiger partial charge is 0.357 e. The minimum absolute atomic E-state index is 0.193. The summed E-state index contributed by atoms with van der Waals surface area (Å²) in [5.74, 6) is 0.587. The molecule has 0 bridgehead atoms. The lowest BCUT2D eigenvalue weighted by atomic mass is 10.2. The van der Waals surface area contributed by atoms with Crippen LogP contribution in [0.15, 0.2) is 52.1 Å². The second-order valence-corrected chi connectivity index (χ2v) is 6.70. The van der Waals surface area contributed by atoms with Gasteiger partial charge < -0.3 is 9.72 Å². The molecule has 0 aliphatic carbocycles. The van der Waals surface area contributed by atoms with E-state index < -0.39 is 21.9 Å². The molecule has 3 aromatic rings. The van der Waals surface area contributed by atoms with Crippen molar-refractivity contribution in [3.63, 3.8) is 0 Å². The highest BCUT2D eigenvalue weighted by atomic mass is 35.5. The first-order valence-electron chi connectivity index (χ1n) is 8.19. The van der Waals surface area contributed by atoms with Crippen LogP contribution in [0.3, 0.4) is 0 Å². The Morgan fingerprint density at radius 3 is 2.41 bits per heavy atom. The molecule has 1 heterocycles. The summed E-state index contributed by atoms with van der Waals surface area (Å²) in [5, 5.41) is 12.1. The van der Waals surface area contributed by atoms with Crippen LogP contribution in [0.4, 0.5) is 5.69 Å². The van der Waals surface area contributed by atoms with Crippen LogP contribution in [-0.2, 0) is 6.61 Å². The lowest BCUT2D eigenvalue weighted by Gasteiger charge is -2.08. The highest BCUT2D eigenvalue weighted by Gasteiger charge is 2.18. The van der Waals surface area contributed by atoms with E-state index in [0.29, 0.717) is 21.4 Å². The summed E-state index contributed by atoms with van der Waals surface area (Å²) < 4.78 is 5.68. The van der Waals surface area contributed by atoms with Crippen molar-refractivity contribution >= 4 is 41.0 Å². The number of aromatic nitrogens is 2. The fourth-order valence-corrected chi connectivity index (χ4v) is 2.92. The molecule has 8 nitrogen and oxygen atoms in total. The van der Waals surface area contributed by atoms with E-state index in [1.165, 1.54) is 12.2 Å². The largest absolute Gasteiger partial charge is 0.489 e. The van der Waals surface area contributed by atoms with Crippen LogP contribution in [0, 0.1) is 10.1 Å². The Balaban J connectivity index is 1.73. The topological polar surface area (TPSA) is 118 Å². The van der Waals surface area contributed by atoms with Crippen LogP contribution in [0.5, 0.6) is 5.75 Å². The lowest BCUT2D eigenvalue weighted by molar-refractivity contribution is -0.386. The Morgan fingerprint density at radius 2 is 1.76 bits per heavy atom. The Hall–Kier alpha value is -3.36. The van der Waals surface area contributed by atoms with Crippen molar-refractivity contribution in [2.45, 2.75) is 6.61 Å². The molecule has 0 saturated heterocycles. The van der Waals surface area contributed by atoms with Gasteiger partial charge in [0.15, 0.2) is 0 Å². The number of nitrogens with one attached hydrogen (secondary N) is 2. The van der Waals surface area contributed by atoms with Gasteiger partial charge in [-0.1, -0.05) is 47.5 Å². The Labute approximate surface area is 173 Å². The second kappa shape index (κ2) is 8.76. The molecule has 10 heteroatoms. The van der Waals surface area contributed by atoms with Gasteiger partial charge in [0.05, 0.1) is 4.92 Å². The first-order valence-corrected chi connectivity index (χ1v) is 8.95. The van der Waals surface area contributed by atoms with Crippen molar-refractivity contribution in [1.82, 2.24) is 9.97 Å². The number of benzene rings is 2. The van der Waals surface area contributed by atoms with Gasteiger partial charge in [-0.3, -0.25) is 19.9 Å². The first-order chi connectivity index (χ1) is 13.8. The Bertz CT molecular complexity index is 1200. The number of aromatic amines is 2. The minimum Gasteiger partial charge on any atom is -0.489 e. The van der Waals surface area contributed by atoms with Gasteiger partial charge in [0, 0.05) is 15.6 Å². The van der Waals surface area contributed by atoms with Crippen molar-refractivity contribution in [3.8, 4) is 5.75 Å². The number of hydrogen-bond acceptors (Lipinski definition) is 5. The predicted octanol–water partition coefficient (Wildman–Crippen LogP) is 4.03. The molecule has 1 aromatic heterocycles. The van der Waals surface area contributed by atoms with Gasteiger partial charge in [-0.15, -0.1) is 0 Å². The van der Waals surface area contributed by atoms with E-state index >= 15 is 0 Å². The molecule has 0 aliphatic heterocycles. The van der Waals surface area contributed by atoms with Gasteiger partial charge in [-0.05, 0) is 35.9 Å². The molecule has 0 atom stereocenters. The van der Waals surface area contributed by atoms with Crippen LogP contribution in [-0.4, -0.2) is 14.9 Å². The van der Waals surface area contributed by atoms with Crippen LogP contribution < -0.4 is 16.0 Å². The molecule has 3 rings (SSSR count). The van der Waals surface area contributed by atoms with Crippen molar-refractivity contribution in [1.29, 1.82) is 0 Å². The van der Waals surface area contributed by atoms with Crippen LogP contribution >= 0.6 is 23.2 Å². The molecule has 0 aliphatic rings. The highest BCUT2D eigenvalue weighted by Crippen LogP contribution is 2.23. The van der Waals surface area contributed by atoms with Crippen molar-refractivity contribution < 1.29 is 9.66 Å². The maximum absolute atomic E-state index is 11.6. The summed E-state index contributed by atoms with van der Waals surface area (Å²) in [6.45, 7) is 0.255. The van der Waals surface area contributed by atoms with Crippen molar-refractivity contribution in [2.24, 2.45) is 0 Å². The fraction of sp³-hybridized carbons (Fsp3) is 0.0526. The Kier molecular flexibility index (Phi) is 6.16. The number of nitro groups is 1.